The fourth-order valence-electron chi connectivity index (χ4n) is 1.89. The lowest BCUT2D eigenvalue weighted by Gasteiger charge is -2.12. The highest BCUT2D eigenvalue weighted by Gasteiger charge is 2.23. The highest BCUT2D eigenvalue weighted by Crippen LogP contribution is 2.33. The molecule has 0 amide bonds. The SMILES string of the molecule is O=C1CC/C(=C\c2ccc3c(c2)OCO3)C(=O)O1. The van der Waals surface area contributed by atoms with Crippen LogP contribution >= 0.6 is 0 Å². The van der Waals surface area contributed by atoms with Crippen molar-refractivity contribution in [2.24, 2.45) is 0 Å². The minimum atomic E-state index is -0.566. The molecule has 0 spiro atoms. The molecule has 0 N–H and O–H groups in total. The maximum Gasteiger partial charge on any atom is 0.341 e. The van der Waals surface area contributed by atoms with Gasteiger partial charge in [0.1, 0.15) is 0 Å². The smallest absolute Gasteiger partial charge is 0.341 e. The fraction of sp³-hybridized carbons (Fsp3) is 0.231. The van der Waals surface area contributed by atoms with Gasteiger partial charge in [0.2, 0.25) is 6.79 Å². The van der Waals surface area contributed by atoms with E-state index < -0.39 is 11.9 Å². The number of carbonyl (C=O) groups excluding carboxylic acids is 2. The minimum Gasteiger partial charge on any atom is -0.454 e. The molecule has 5 heteroatoms. The molecule has 0 aliphatic carbocycles. The Hall–Kier alpha value is -2.30. The molecule has 0 aromatic heterocycles. The Morgan fingerprint density at radius 2 is 1.89 bits per heavy atom. The van der Waals surface area contributed by atoms with Crippen LogP contribution in [0, 0.1) is 0 Å². The molecule has 0 saturated carbocycles. The van der Waals surface area contributed by atoms with Crippen LogP contribution in [0.1, 0.15) is 18.4 Å². The average Bonchev–Trinajstić information content (AvgIpc) is 2.80. The first kappa shape index (κ1) is 10.8. The third kappa shape index (κ3) is 1.95. The highest BCUT2D eigenvalue weighted by atomic mass is 16.7. The molecule has 1 saturated heterocycles. The van der Waals surface area contributed by atoms with Crippen molar-refractivity contribution in [3.05, 3.63) is 29.3 Å². The number of ether oxygens (including phenoxy) is 3. The third-order valence-corrected chi connectivity index (χ3v) is 2.80. The maximum atomic E-state index is 11.5. The van der Waals surface area contributed by atoms with Crippen molar-refractivity contribution in [1.82, 2.24) is 0 Å². The zero-order valence-electron chi connectivity index (χ0n) is 9.47. The zero-order valence-corrected chi connectivity index (χ0v) is 9.47. The molecule has 1 aromatic carbocycles. The van der Waals surface area contributed by atoms with Crippen molar-refractivity contribution in [2.45, 2.75) is 12.8 Å². The van der Waals surface area contributed by atoms with Crippen molar-refractivity contribution in [1.29, 1.82) is 0 Å². The fourth-order valence-corrected chi connectivity index (χ4v) is 1.89. The molecule has 0 bridgehead atoms. The number of hydrogen-bond donors (Lipinski definition) is 0. The van der Waals surface area contributed by atoms with Crippen LogP contribution in [-0.4, -0.2) is 18.7 Å². The van der Waals surface area contributed by atoms with E-state index >= 15 is 0 Å². The predicted molar refractivity (Wildman–Crippen MR) is 60.9 cm³/mol. The second kappa shape index (κ2) is 4.18. The molecule has 5 nitrogen and oxygen atoms in total. The van der Waals surface area contributed by atoms with Gasteiger partial charge in [0, 0.05) is 5.57 Å². The van der Waals surface area contributed by atoms with Crippen LogP contribution in [-0.2, 0) is 14.3 Å². The summed E-state index contributed by atoms with van der Waals surface area (Å²) < 4.78 is 15.0. The molecule has 0 atom stereocenters. The van der Waals surface area contributed by atoms with E-state index in [9.17, 15) is 9.59 Å². The van der Waals surface area contributed by atoms with Gasteiger partial charge < -0.3 is 14.2 Å². The first-order chi connectivity index (χ1) is 8.72. The number of fused-ring (bicyclic) bond motifs is 1. The van der Waals surface area contributed by atoms with Crippen molar-refractivity contribution >= 4 is 18.0 Å². The summed E-state index contributed by atoms with van der Waals surface area (Å²) in [6.45, 7) is 0.214. The van der Waals surface area contributed by atoms with Gasteiger partial charge in [0.15, 0.2) is 11.5 Å². The zero-order chi connectivity index (χ0) is 12.5. The third-order valence-electron chi connectivity index (χ3n) is 2.80. The number of hydrogen-bond acceptors (Lipinski definition) is 5. The van der Waals surface area contributed by atoms with Crippen LogP contribution in [0.4, 0.5) is 0 Å². The Balaban J connectivity index is 1.87. The molecule has 3 rings (SSSR count). The molecule has 2 aliphatic heterocycles. The van der Waals surface area contributed by atoms with Gasteiger partial charge in [0.05, 0.1) is 6.42 Å². The molecule has 2 heterocycles. The molecule has 1 aromatic rings. The van der Waals surface area contributed by atoms with Crippen LogP contribution in [0.15, 0.2) is 23.8 Å². The van der Waals surface area contributed by atoms with Crippen LogP contribution in [0.3, 0.4) is 0 Å². The van der Waals surface area contributed by atoms with E-state index in [-0.39, 0.29) is 13.2 Å². The van der Waals surface area contributed by atoms with Gasteiger partial charge in [-0.2, -0.15) is 0 Å². The summed E-state index contributed by atoms with van der Waals surface area (Å²) in [7, 11) is 0. The molecule has 92 valence electrons. The first-order valence-corrected chi connectivity index (χ1v) is 5.57. The van der Waals surface area contributed by atoms with Crippen molar-refractivity contribution < 1.29 is 23.8 Å². The molecule has 18 heavy (non-hydrogen) atoms. The summed E-state index contributed by atoms with van der Waals surface area (Å²) in [6, 6.07) is 5.40. The molecular formula is C13H10O5. The number of carbonyl (C=O) groups is 2. The Labute approximate surface area is 103 Å². The van der Waals surface area contributed by atoms with Gasteiger partial charge in [-0.1, -0.05) is 6.07 Å². The Bertz CT molecular complexity index is 559. The van der Waals surface area contributed by atoms with Crippen molar-refractivity contribution in [3.8, 4) is 11.5 Å². The molecular weight excluding hydrogens is 236 g/mol. The minimum absolute atomic E-state index is 0.214. The summed E-state index contributed by atoms with van der Waals surface area (Å²) >= 11 is 0. The lowest BCUT2D eigenvalue weighted by molar-refractivity contribution is -0.159. The first-order valence-electron chi connectivity index (χ1n) is 5.57. The molecule has 2 aliphatic rings. The van der Waals surface area contributed by atoms with Gasteiger partial charge in [0.25, 0.3) is 0 Å². The van der Waals surface area contributed by atoms with E-state index in [1.807, 2.05) is 6.07 Å². The second-order valence-electron chi connectivity index (χ2n) is 4.04. The molecule has 0 unspecified atom stereocenters. The number of benzene rings is 1. The van der Waals surface area contributed by atoms with Crippen LogP contribution in [0.5, 0.6) is 11.5 Å². The maximum absolute atomic E-state index is 11.5. The summed E-state index contributed by atoms with van der Waals surface area (Å²) in [4.78, 5) is 22.4. The van der Waals surface area contributed by atoms with Gasteiger partial charge >= 0.3 is 11.9 Å². The van der Waals surface area contributed by atoms with Crippen molar-refractivity contribution in [2.75, 3.05) is 6.79 Å². The quantitative estimate of drug-likeness (QED) is 0.428. The number of rotatable bonds is 1. The predicted octanol–water partition coefficient (Wildman–Crippen LogP) is 1.66. The molecule has 0 radical (unpaired) electrons. The number of cyclic esters (lactones) is 2. The van der Waals surface area contributed by atoms with Gasteiger partial charge in [-0.05, 0) is 30.2 Å². The monoisotopic (exact) mass is 246 g/mol. The lowest BCUT2D eigenvalue weighted by Crippen LogP contribution is -2.20. The number of esters is 2. The van der Waals surface area contributed by atoms with Crippen LogP contribution < -0.4 is 9.47 Å². The van der Waals surface area contributed by atoms with E-state index in [1.165, 1.54) is 0 Å². The standard InChI is InChI=1S/C13H10O5/c14-12-4-2-9(13(15)18-12)5-8-1-3-10-11(6-8)17-7-16-10/h1,3,5-6H,2,4,7H2/b9-5+. The van der Waals surface area contributed by atoms with Gasteiger partial charge in [-0.15, -0.1) is 0 Å². The van der Waals surface area contributed by atoms with E-state index in [0.29, 0.717) is 23.5 Å². The summed E-state index contributed by atoms with van der Waals surface area (Å²) in [5, 5.41) is 0. The van der Waals surface area contributed by atoms with Gasteiger partial charge in [-0.3, -0.25) is 4.79 Å². The van der Waals surface area contributed by atoms with E-state index in [1.54, 1.807) is 18.2 Å². The van der Waals surface area contributed by atoms with Crippen LogP contribution in [0.2, 0.25) is 0 Å². The highest BCUT2D eigenvalue weighted by molar-refractivity contribution is 6.02. The van der Waals surface area contributed by atoms with Crippen LogP contribution in [0.25, 0.3) is 6.08 Å². The lowest BCUT2D eigenvalue weighted by atomic mass is 10.0. The second-order valence-corrected chi connectivity index (χ2v) is 4.04. The van der Waals surface area contributed by atoms with Crippen molar-refractivity contribution in [3.63, 3.8) is 0 Å². The van der Waals surface area contributed by atoms with E-state index in [4.69, 9.17) is 9.47 Å². The average molecular weight is 246 g/mol. The summed E-state index contributed by atoms with van der Waals surface area (Å²) in [5.41, 5.74) is 1.31. The van der Waals surface area contributed by atoms with E-state index in [0.717, 1.165) is 5.56 Å². The Morgan fingerprint density at radius 1 is 1.06 bits per heavy atom. The largest absolute Gasteiger partial charge is 0.454 e. The normalized spacial score (nSPS) is 20.1. The Kier molecular flexibility index (Phi) is 2.51. The van der Waals surface area contributed by atoms with Gasteiger partial charge in [-0.25, -0.2) is 4.79 Å². The summed E-state index contributed by atoms with van der Waals surface area (Å²) in [6.07, 6.45) is 2.35. The topological polar surface area (TPSA) is 61.8 Å². The van der Waals surface area contributed by atoms with E-state index in [2.05, 4.69) is 4.74 Å². The Morgan fingerprint density at radius 3 is 2.72 bits per heavy atom. The molecule has 1 fully saturated rings. The summed E-state index contributed by atoms with van der Waals surface area (Å²) in [5.74, 6) is 0.315.